The molecule has 1 aromatic carbocycles. The molecule has 0 aliphatic heterocycles. The van der Waals surface area contributed by atoms with Crippen molar-refractivity contribution in [2.75, 3.05) is 0 Å². The fourth-order valence-corrected chi connectivity index (χ4v) is 7.24. The van der Waals surface area contributed by atoms with E-state index >= 15 is 0 Å². The Hall–Kier alpha value is -0.963. The topological polar surface area (TPSA) is 51.6 Å². The molecule has 2 unspecified atom stereocenters. The molecule has 0 radical (unpaired) electrons. The first kappa shape index (κ1) is 29.6. The SMILES string of the molecule is CC(C)Oc1ccc(C(O)c2c(C(C)C)nc3c(c2I)C(O[Si](C)(C)C(C)(C)C)CC(C)(C)C3)cc1. The van der Waals surface area contributed by atoms with E-state index in [1.165, 1.54) is 5.56 Å². The van der Waals surface area contributed by atoms with Gasteiger partial charge in [-0.15, -0.1) is 0 Å². The summed E-state index contributed by atoms with van der Waals surface area (Å²) in [6.45, 7) is 24.5. The van der Waals surface area contributed by atoms with Crippen LogP contribution in [0.15, 0.2) is 24.3 Å². The summed E-state index contributed by atoms with van der Waals surface area (Å²) in [5, 5.41) is 11.8. The second-order valence-corrected chi connectivity index (χ2v) is 19.1. The van der Waals surface area contributed by atoms with E-state index in [0.29, 0.717) is 0 Å². The number of aromatic nitrogens is 1. The van der Waals surface area contributed by atoms with E-state index in [0.717, 1.165) is 44.7 Å². The predicted octanol–water partition coefficient (Wildman–Crippen LogP) is 8.71. The van der Waals surface area contributed by atoms with Crippen LogP contribution >= 0.6 is 22.6 Å². The third kappa shape index (κ3) is 6.36. The highest BCUT2D eigenvalue weighted by atomic mass is 127. The van der Waals surface area contributed by atoms with Gasteiger partial charge >= 0.3 is 0 Å². The predicted molar refractivity (Wildman–Crippen MR) is 160 cm³/mol. The summed E-state index contributed by atoms with van der Waals surface area (Å²) in [7, 11) is -2.02. The molecule has 6 heteroatoms. The van der Waals surface area contributed by atoms with Gasteiger partial charge in [-0.3, -0.25) is 4.98 Å². The number of aliphatic hydroxyl groups excluding tert-OH is 1. The Balaban J connectivity index is 2.14. The van der Waals surface area contributed by atoms with Gasteiger partial charge in [0.15, 0.2) is 8.32 Å². The molecule has 0 amide bonds. The van der Waals surface area contributed by atoms with Gasteiger partial charge in [-0.1, -0.05) is 60.6 Å². The maximum atomic E-state index is 11.7. The number of benzene rings is 1. The van der Waals surface area contributed by atoms with Crippen LogP contribution in [0.2, 0.25) is 18.1 Å². The van der Waals surface area contributed by atoms with E-state index in [4.69, 9.17) is 14.1 Å². The van der Waals surface area contributed by atoms with Crippen LogP contribution in [0.1, 0.15) is 115 Å². The average Bonchev–Trinajstić information content (AvgIpc) is 2.70. The zero-order chi connectivity index (χ0) is 27.2. The van der Waals surface area contributed by atoms with Crippen molar-refractivity contribution in [1.29, 1.82) is 0 Å². The van der Waals surface area contributed by atoms with E-state index in [2.05, 4.69) is 84.2 Å². The van der Waals surface area contributed by atoms with Crippen LogP contribution in [-0.4, -0.2) is 24.5 Å². The first-order valence-electron chi connectivity index (χ1n) is 13.3. The van der Waals surface area contributed by atoms with E-state index in [1.54, 1.807) is 0 Å². The Kier molecular flexibility index (Phi) is 8.76. The zero-order valence-electron chi connectivity index (χ0n) is 24.1. The van der Waals surface area contributed by atoms with Gasteiger partial charge in [0.25, 0.3) is 0 Å². The van der Waals surface area contributed by atoms with E-state index in [9.17, 15) is 5.11 Å². The lowest BCUT2D eigenvalue weighted by atomic mass is 9.74. The van der Waals surface area contributed by atoms with Gasteiger partial charge in [0, 0.05) is 20.4 Å². The molecule has 0 bridgehead atoms. The normalized spacial score (nSPS) is 18.9. The Bertz CT molecular complexity index is 1070. The number of nitrogens with zero attached hydrogens (tertiary/aromatic N) is 1. The number of hydrogen-bond acceptors (Lipinski definition) is 4. The quantitative estimate of drug-likeness (QED) is 0.248. The molecule has 4 nitrogen and oxygen atoms in total. The van der Waals surface area contributed by atoms with Crippen LogP contribution in [0.3, 0.4) is 0 Å². The van der Waals surface area contributed by atoms with Gasteiger partial charge in [-0.05, 0) is 96.4 Å². The summed E-state index contributed by atoms with van der Waals surface area (Å²) in [6, 6.07) is 7.82. The molecule has 1 aliphatic carbocycles. The van der Waals surface area contributed by atoms with Crippen molar-refractivity contribution in [1.82, 2.24) is 4.98 Å². The molecular weight excluding hydrogens is 577 g/mol. The molecule has 0 fully saturated rings. The van der Waals surface area contributed by atoms with Crippen LogP contribution < -0.4 is 4.74 Å². The van der Waals surface area contributed by atoms with Crippen molar-refractivity contribution >= 4 is 30.9 Å². The highest BCUT2D eigenvalue weighted by molar-refractivity contribution is 14.1. The molecule has 36 heavy (non-hydrogen) atoms. The monoisotopic (exact) mass is 623 g/mol. The van der Waals surface area contributed by atoms with Gasteiger partial charge in [0.05, 0.1) is 17.9 Å². The second-order valence-electron chi connectivity index (χ2n) is 13.3. The summed E-state index contributed by atoms with van der Waals surface area (Å²) in [5.74, 6) is 1.01. The highest BCUT2D eigenvalue weighted by Gasteiger charge is 2.44. The van der Waals surface area contributed by atoms with Gasteiger partial charge in [-0.2, -0.15) is 0 Å². The van der Waals surface area contributed by atoms with E-state index in [-0.39, 0.29) is 28.6 Å². The van der Waals surface area contributed by atoms with Gasteiger partial charge in [-0.25, -0.2) is 0 Å². The first-order valence-corrected chi connectivity index (χ1v) is 17.3. The van der Waals surface area contributed by atoms with Crippen LogP contribution in [0.25, 0.3) is 0 Å². The first-order chi connectivity index (χ1) is 16.4. The molecule has 1 aliphatic rings. The summed E-state index contributed by atoms with van der Waals surface area (Å²) in [6.07, 6.45) is 1.22. The second kappa shape index (κ2) is 10.7. The Morgan fingerprint density at radius 3 is 2.17 bits per heavy atom. The molecule has 2 aromatic rings. The van der Waals surface area contributed by atoms with Crippen molar-refractivity contribution in [2.45, 2.75) is 118 Å². The molecule has 2 atom stereocenters. The van der Waals surface area contributed by atoms with Crippen molar-refractivity contribution in [2.24, 2.45) is 5.41 Å². The van der Waals surface area contributed by atoms with Crippen LogP contribution in [-0.2, 0) is 10.8 Å². The number of ether oxygens (including phenoxy) is 1. The van der Waals surface area contributed by atoms with Crippen molar-refractivity contribution in [3.8, 4) is 5.75 Å². The summed E-state index contributed by atoms with van der Waals surface area (Å²) in [5.41, 5.74) is 5.20. The minimum absolute atomic E-state index is 0.0157. The number of aliphatic hydroxyl groups is 1. The van der Waals surface area contributed by atoms with E-state index in [1.807, 2.05) is 38.1 Å². The standard InChI is InChI=1S/C30H46INO3Si/c1-18(2)27-25(28(33)20-12-14-21(15-13-20)34-19(3)4)26(31)24-22(32-27)16-30(8,9)17-23(24)35-36(10,11)29(5,6)7/h12-15,18-19,23,28,33H,16-17H2,1-11H3. The minimum Gasteiger partial charge on any atom is -0.491 e. The van der Waals surface area contributed by atoms with Crippen LogP contribution in [0, 0.1) is 8.99 Å². The van der Waals surface area contributed by atoms with Crippen molar-refractivity contribution in [3.63, 3.8) is 0 Å². The number of pyridine rings is 1. The lowest BCUT2D eigenvalue weighted by molar-refractivity contribution is 0.104. The number of fused-ring (bicyclic) bond motifs is 1. The average molecular weight is 624 g/mol. The minimum atomic E-state index is -2.02. The maximum Gasteiger partial charge on any atom is 0.192 e. The lowest BCUT2D eigenvalue weighted by Gasteiger charge is -2.44. The molecule has 0 spiro atoms. The van der Waals surface area contributed by atoms with Crippen LogP contribution in [0.4, 0.5) is 0 Å². The fourth-order valence-electron chi connectivity index (χ4n) is 4.74. The summed E-state index contributed by atoms with van der Waals surface area (Å²) < 4.78 is 14.0. The Morgan fingerprint density at radius 2 is 1.67 bits per heavy atom. The maximum absolute atomic E-state index is 11.7. The summed E-state index contributed by atoms with van der Waals surface area (Å²) in [4.78, 5) is 5.26. The zero-order valence-corrected chi connectivity index (χ0v) is 27.3. The van der Waals surface area contributed by atoms with E-state index < -0.39 is 14.4 Å². The van der Waals surface area contributed by atoms with Crippen molar-refractivity contribution in [3.05, 3.63) is 55.9 Å². The third-order valence-electron chi connectivity index (χ3n) is 7.65. The number of hydrogen-bond donors (Lipinski definition) is 1. The highest BCUT2D eigenvalue weighted by Crippen LogP contribution is 2.50. The molecule has 1 N–H and O–H groups in total. The number of rotatable bonds is 7. The molecular formula is C30H46INO3Si. The Morgan fingerprint density at radius 1 is 1.08 bits per heavy atom. The lowest BCUT2D eigenvalue weighted by Crippen LogP contribution is -2.44. The molecule has 1 heterocycles. The number of halogens is 1. The van der Waals surface area contributed by atoms with Crippen LogP contribution in [0.5, 0.6) is 5.75 Å². The largest absolute Gasteiger partial charge is 0.491 e. The van der Waals surface area contributed by atoms with Gasteiger partial charge in [0.2, 0.25) is 0 Å². The van der Waals surface area contributed by atoms with Gasteiger partial charge < -0.3 is 14.3 Å². The summed E-state index contributed by atoms with van der Waals surface area (Å²) >= 11 is 2.46. The fraction of sp³-hybridized carbons (Fsp3) is 0.633. The molecule has 0 saturated carbocycles. The smallest absolute Gasteiger partial charge is 0.192 e. The molecule has 0 saturated heterocycles. The van der Waals surface area contributed by atoms with Gasteiger partial charge in [0.1, 0.15) is 11.9 Å². The Labute approximate surface area is 233 Å². The third-order valence-corrected chi connectivity index (χ3v) is 13.3. The molecule has 1 aromatic heterocycles. The van der Waals surface area contributed by atoms with Crippen molar-refractivity contribution < 1.29 is 14.3 Å². The molecule has 3 rings (SSSR count). The molecule has 200 valence electrons.